The van der Waals surface area contributed by atoms with E-state index < -0.39 is 50.1 Å². The van der Waals surface area contributed by atoms with Crippen LogP contribution < -0.4 is 14.8 Å². The van der Waals surface area contributed by atoms with Crippen LogP contribution in [0.5, 0.6) is 17.4 Å². The highest BCUT2D eigenvalue weighted by Crippen LogP contribution is 2.36. The second-order valence-electron chi connectivity index (χ2n) is 7.57. The molecule has 1 fully saturated rings. The number of aromatic nitrogens is 2. The van der Waals surface area contributed by atoms with Gasteiger partial charge in [-0.15, -0.1) is 10.2 Å². The number of alkyl halides is 3. The van der Waals surface area contributed by atoms with E-state index in [1.807, 2.05) is 0 Å². The standard InChI is InChI=1S/C22H17F4N3O5S/c1-33-18-9-12(23)5-8-17(18)34-21-16(11-19(28-29-21)22(24,25)26)20(30)27-13-3-2-4-15(10-13)35(31,32)14-6-7-14/h2-5,8-11,14H,6-7H2,1H3,(H,27,30). The lowest BCUT2D eigenvalue weighted by Crippen LogP contribution is -2.18. The quantitative estimate of drug-likeness (QED) is 0.461. The molecule has 1 N–H and O–H groups in total. The summed E-state index contributed by atoms with van der Waals surface area (Å²) in [6.07, 6.45) is -3.84. The molecular weight excluding hydrogens is 494 g/mol. The minimum atomic E-state index is -4.91. The van der Waals surface area contributed by atoms with E-state index in [9.17, 15) is 30.8 Å². The third-order valence-electron chi connectivity index (χ3n) is 5.01. The van der Waals surface area contributed by atoms with Crippen LogP contribution in [0, 0.1) is 5.82 Å². The first-order valence-electron chi connectivity index (χ1n) is 10.1. The van der Waals surface area contributed by atoms with E-state index in [4.69, 9.17) is 9.47 Å². The first kappa shape index (κ1) is 24.4. The van der Waals surface area contributed by atoms with Crippen molar-refractivity contribution in [2.75, 3.05) is 12.4 Å². The molecule has 3 aromatic rings. The molecule has 0 unspecified atom stereocenters. The number of ether oxygens (including phenoxy) is 2. The monoisotopic (exact) mass is 511 g/mol. The second-order valence-corrected chi connectivity index (χ2v) is 9.80. The predicted octanol–water partition coefficient (Wildman–Crippen LogP) is 4.62. The number of halogens is 4. The zero-order valence-electron chi connectivity index (χ0n) is 18.0. The van der Waals surface area contributed by atoms with Crippen molar-refractivity contribution in [3.05, 3.63) is 65.6 Å². The van der Waals surface area contributed by atoms with Crippen molar-refractivity contribution in [3.63, 3.8) is 0 Å². The van der Waals surface area contributed by atoms with Crippen molar-refractivity contribution >= 4 is 21.4 Å². The van der Waals surface area contributed by atoms with Crippen LogP contribution in [0.4, 0.5) is 23.2 Å². The number of anilines is 1. The number of nitrogens with one attached hydrogen (secondary N) is 1. The number of amides is 1. The molecule has 8 nitrogen and oxygen atoms in total. The van der Waals surface area contributed by atoms with E-state index in [1.165, 1.54) is 31.4 Å². The zero-order valence-corrected chi connectivity index (χ0v) is 18.8. The van der Waals surface area contributed by atoms with E-state index in [0.717, 1.165) is 18.2 Å². The van der Waals surface area contributed by atoms with E-state index in [0.29, 0.717) is 18.9 Å². The maximum absolute atomic E-state index is 13.5. The van der Waals surface area contributed by atoms with Gasteiger partial charge >= 0.3 is 6.18 Å². The maximum Gasteiger partial charge on any atom is 0.435 e. The van der Waals surface area contributed by atoms with Gasteiger partial charge in [-0.1, -0.05) is 6.07 Å². The number of hydrogen-bond acceptors (Lipinski definition) is 7. The van der Waals surface area contributed by atoms with Crippen molar-refractivity contribution in [3.8, 4) is 17.4 Å². The molecule has 35 heavy (non-hydrogen) atoms. The normalized spacial score (nSPS) is 13.9. The Kier molecular flexibility index (Phi) is 6.36. The van der Waals surface area contributed by atoms with Gasteiger partial charge in [0, 0.05) is 11.8 Å². The Morgan fingerprint density at radius 3 is 2.46 bits per heavy atom. The molecule has 1 saturated carbocycles. The molecule has 2 aromatic carbocycles. The SMILES string of the molecule is COc1cc(F)ccc1Oc1nnc(C(F)(F)F)cc1C(=O)Nc1cccc(S(=O)(=O)C2CC2)c1. The third-order valence-corrected chi connectivity index (χ3v) is 7.27. The van der Waals surface area contributed by atoms with Crippen LogP contribution >= 0.6 is 0 Å². The number of hydrogen-bond donors (Lipinski definition) is 1. The highest BCUT2D eigenvalue weighted by Gasteiger charge is 2.37. The number of nitrogens with zero attached hydrogens (tertiary/aromatic N) is 2. The summed E-state index contributed by atoms with van der Waals surface area (Å²) in [6.45, 7) is 0. The Labute approximate surface area is 196 Å². The van der Waals surface area contributed by atoms with Crippen LogP contribution in [0.25, 0.3) is 0 Å². The average Bonchev–Trinajstić information content (AvgIpc) is 3.66. The highest BCUT2D eigenvalue weighted by molar-refractivity contribution is 7.92. The summed E-state index contributed by atoms with van der Waals surface area (Å²) < 4.78 is 88.6. The van der Waals surface area contributed by atoms with Crippen LogP contribution in [-0.4, -0.2) is 36.9 Å². The topological polar surface area (TPSA) is 107 Å². The van der Waals surface area contributed by atoms with Gasteiger partial charge in [-0.05, 0) is 49.2 Å². The van der Waals surface area contributed by atoms with Crippen LogP contribution in [0.2, 0.25) is 0 Å². The van der Waals surface area contributed by atoms with Crippen molar-refractivity contribution in [2.45, 2.75) is 29.2 Å². The van der Waals surface area contributed by atoms with Crippen molar-refractivity contribution in [1.29, 1.82) is 0 Å². The smallest absolute Gasteiger partial charge is 0.435 e. The molecule has 1 heterocycles. The molecule has 1 aromatic heterocycles. The molecule has 0 spiro atoms. The summed E-state index contributed by atoms with van der Waals surface area (Å²) in [4.78, 5) is 12.9. The van der Waals surface area contributed by atoms with Gasteiger partial charge in [0.15, 0.2) is 27.0 Å². The van der Waals surface area contributed by atoms with Gasteiger partial charge in [0.05, 0.1) is 17.3 Å². The third kappa shape index (κ3) is 5.34. The maximum atomic E-state index is 13.5. The van der Waals surface area contributed by atoms with Crippen LogP contribution in [0.1, 0.15) is 28.9 Å². The number of carbonyl (C=O) groups excluding carboxylic acids is 1. The Morgan fingerprint density at radius 1 is 1.06 bits per heavy atom. The lowest BCUT2D eigenvalue weighted by molar-refractivity contribution is -0.141. The minimum absolute atomic E-state index is 0.0193. The fraction of sp³-hybridized carbons (Fsp3) is 0.227. The second kappa shape index (κ2) is 9.13. The van der Waals surface area contributed by atoms with Crippen LogP contribution in [0.3, 0.4) is 0 Å². The van der Waals surface area contributed by atoms with Gasteiger partial charge in [-0.2, -0.15) is 13.2 Å². The summed E-state index contributed by atoms with van der Waals surface area (Å²) in [5.41, 5.74) is -2.06. The van der Waals surface area contributed by atoms with E-state index in [1.54, 1.807) is 0 Å². The molecule has 0 saturated heterocycles. The number of sulfone groups is 1. The average molecular weight is 511 g/mol. The molecule has 0 radical (unpaired) electrons. The van der Waals surface area contributed by atoms with Gasteiger partial charge in [0.25, 0.3) is 11.8 Å². The lowest BCUT2D eigenvalue weighted by atomic mass is 10.2. The van der Waals surface area contributed by atoms with Gasteiger partial charge in [0.2, 0.25) is 0 Å². The van der Waals surface area contributed by atoms with Crippen molar-refractivity contribution in [2.24, 2.45) is 0 Å². The number of benzene rings is 2. The van der Waals surface area contributed by atoms with E-state index in [-0.39, 0.29) is 22.1 Å². The molecule has 1 aliphatic carbocycles. The van der Waals surface area contributed by atoms with Crippen molar-refractivity contribution < 1.29 is 40.2 Å². The Hall–Kier alpha value is -3.74. The van der Waals surface area contributed by atoms with Crippen molar-refractivity contribution in [1.82, 2.24) is 10.2 Å². The minimum Gasteiger partial charge on any atom is -0.493 e. The van der Waals surface area contributed by atoms with Gasteiger partial charge < -0.3 is 14.8 Å². The summed E-state index contributed by atoms with van der Waals surface area (Å²) in [5, 5.41) is 8.33. The molecule has 1 aliphatic rings. The molecule has 0 bridgehead atoms. The molecule has 4 rings (SSSR count). The highest BCUT2D eigenvalue weighted by atomic mass is 32.2. The lowest BCUT2D eigenvalue weighted by Gasteiger charge is -2.14. The van der Waals surface area contributed by atoms with Gasteiger partial charge in [-0.25, -0.2) is 12.8 Å². The molecular formula is C22H17F4N3O5S. The predicted molar refractivity (Wildman–Crippen MR) is 115 cm³/mol. The number of methoxy groups -OCH3 is 1. The number of carbonyl (C=O) groups is 1. The fourth-order valence-electron chi connectivity index (χ4n) is 3.11. The molecule has 13 heteroatoms. The van der Waals surface area contributed by atoms with Gasteiger partial charge in [-0.3, -0.25) is 4.79 Å². The first-order valence-corrected chi connectivity index (χ1v) is 11.7. The number of rotatable bonds is 7. The molecule has 0 aliphatic heterocycles. The molecule has 1 amide bonds. The Morgan fingerprint density at radius 2 is 1.80 bits per heavy atom. The summed E-state index contributed by atoms with van der Waals surface area (Å²) in [6, 6.07) is 8.94. The molecule has 0 atom stereocenters. The summed E-state index contributed by atoms with van der Waals surface area (Å²) in [5.74, 6) is -2.57. The van der Waals surface area contributed by atoms with E-state index in [2.05, 4.69) is 15.5 Å². The first-order chi connectivity index (χ1) is 16.5. The Bertz CT molecular complexity index is 1390. The van der Waals surface area contributed by atoms with Crippen LogP contribution in [-0.2, 0) is 16.0 Å². The van der Waals surface area contributed by atoms with E-state index >= 15 is 0 Å². The fourth-order valence-corrected chi connectivity index (χ4v) is 4.81. The largest absolute Gasteiger partial charge is 0.493 e. The summed E-state index contributed by atoms with van der Waals surface area (Å²) >= 11 is 0. The van der Waals surface area contributed by atoms with Gasteiger partial charge in [0.1, 0.15) is 11.4 Å². The zero-order chi connectivity index (χ0) is 25.4. The van der Waals surface area contributed by atoms with Crippen LogP contribution in [0.15, 0.2) is 53.4 Å². The summed E-state index contributed by atoms with van der Waals surface area (Å²) in [7, 11) is -2.35. The Balaban J connectivity index is 1.69. The molecule has 184 valence electrons.